The van der Waals surface area contributed by atoms with Gasteiger partial charge in [-0.15, -0.1) is 0 Å². The summed E-state index contributed by atoms with van der Waals surface area (Å²) in [5.74, 6) is -0.188. The van der Waals surface area contributed by atoms with Gasteiger partial charge in [-0.2, -0.15) is 4.98 Å². The van der Waals surface area contributed by atoms with E-state index < -0.39 is 5.56 Å². The molecule has 3 aromatic rings. The number of H-pyrrole nitrogens is 1. The first-order valence-corrected chi connectivity index (χ1v) is 6.38. The van der Waals surface area contributed by atoms with Crippen LogP contribution in [0.25, 0.3) is 22.6 Å². The van der Waals surface area contributed by atoms with Crippen molar-refractivity contribution in [3.8, 4) is 28.5 Å². The third-order valence-corrected chi connectivity index (χ3v) is 3.11. The predicted molar refractivity (Wildman–Crippen MR) is 78.0 cm³/mol. The summed E-state index contributed by atoms with van der Waals surface area (Å²) in [6, 6.07) is 8.12. The molecule has 0 saturated heterocycles. The first-order valence-electron chi connectivity index (χ1n) is 6.01. The maximum Gasteiger partial charge on any atom is 0.262 e. The minimum absolute atomic E-state index is 0.0875. The first kappa shape index (κ1) is 13.3. The van der Waals surface area contributed by atoms with E-state index in [1.54, 1.807) is 30.3 Å². The number of halogens is 1. The summed E-state index contributed by atoms with van der Waals surface area (Å²) < 4.78 is 0. The van der Waals surface area contributed by atoms with Crippen molar-refractivity contribution in [2.75, 3.05) is 0 Å². The molecule has 0 atom stereocenters. The van der Waals surface area contributed by atoms with Crippen molar-refractivity contribution < 1.29 is 5.11 Å². The highest BCUT2D eigenvalue weighted by Gasteiger charge is 2.14. The number of hydrogen-bond acceptors (Lipinski definition) is 5. The molecule has 0 aliphatic rings. The number of benzene rings is 1. The fraction of sp³-hybridized carbons (Fsp3) is 0. The Balaban J connectivity index is 2.13. The van der Waals surface area contributed by atoms with Crippen LogP contribution < -0.4 is 5.56 Å². The Labute approximate surface area is 124 Å². The highest BCUT2D eigenvalue weighted by Crippen LogP contribution is 2.26. The van der Waals surface area contributed by atoms with Gasteiger partial charge in [0, 0.05) is 11.2 Å². The average Bonchev–Trinajstić information content (AvgIpc) is 2.49. The van der Waals surface area contributed by atoms with Crippen molar-refractivity contribution in [3.05, 3.63) is 58.2 Å². The van der Waals surface area contributed by atoms with Gasteiger partial charge in [-0.1, -0.05) is 23.7 Å². The second-order valence-electron chi connectivity index (χ2n) is 4.21. The van der Waals surface area contributed by atoms with Crippen molar-refractivity contribution in [3.63, 3.8) is 0 Å². The number of hydrogen-bond donors (Lipinski definition) is 2. The number of aromatic hydroxyl groups is 1. The van der Waals surface area contributed by atoms with Gasteiger partial charge in [-0.25, -0.2) is 9.97 Å². The molecule has 0 unspecified atom stereocenters. The minimum atomic E-state index is -0.460. The molecule has 0 bridgehead atoms. The van der Waals surface area contributed by atoms with Gasteiger partial charge in [-0.05, 0) is 23.8 Å². The van der Waals surface area contributed by atoms with Crippen molar-refractivity contribution in [1.82, 2.24) is 19.9 Å². The molecular weight excluding hydrogens is 292 g/mol. The minimum Gasteiger partial charge on any atom is -0.493 e. The highest BCUT2D eigenvalue weighted by molar-refractivity contribution is 6.30. The lowest BCUT2D eigenvalue weighted by atomic mass is 10.1. The quantitative estimate of drug-likeness (QED) is 0.757. The number of nitrogens with one attached hydrogen (secondary N) is 1. The smallest absolute Gasteiger partial charge is 0.262 e. The maximum atomic E-state index is 12.2. The van der Waals surface area contributed by atoms with Gasteiger partial charge in [0.1, 0.15) is 17.6 Å². The van der Waals surface area contributed by atoms with Crippen LogP contribution in [-0.4, -0.2) is 25.0 Å². The van der Waals surface area contributed by atoms with Crippen LogP contribution in [0.4, 0.5) is 0 Å². The summed E-state index contributed by atoms with van der Waals surface area (Å²) >= 11 is 5.81. The topological polar surface area (TPSA) is 91.8 Å². The van der Waals surface area contributed by atoms with E-state index in [9.17, 15) is 9.90 Å². The SMILES string of the molecule is O=c1[nH]c(-c2ccncn2)nc(O)c1-c1ccc(Cl)cc1. The van der Waals surface area contributed by atoms with E-state index >= 15 is 0 Å². The molecule has 7 heteroatoms. The Morgan fingerprint density at radius 1 is 1.14 bits per heavy atom. The van der Waals surface area contributed by atoms with Crippen LogP contribution in [0.3, 0.4) is 0 Å². The molecule has 0 saturated carbocycles. The Bertz CT molecular complexity index is 832. The second-order valence-corrected chi connectivity index (χ2v) is 4.65. The lowest BCUT2D eigenvalue weighted by molar-refractivity contribution is 0.454. The second kappa shape index (κ2) is 5.34. The molecule has 1 aromatic carbocycles. The molecule has 0 aliphatic carbocycles. The van der Waals surface area contributed by atoms with Crippen LogP contribution in [0, 0.1) is 0 Å². The molecule has 6 nitrogen and oxygen atoms in total. The average molecular weight is 301 g/mol. The Morgan fingerprint density at radius 2 is 1.90 bits per heavy atom. The summed E-state index contributed by atoms with van der Waals surface area (Å²) in [5.41, 5.74) is 0.572. The van der Waals surface area contributed by atoms with E-state index in [1.165, 1.54) is 12.5 Å². The van der Waals surface area contributed by atoms with Gasteiger partial charge in [0.2, 0.25) is 5.88 Å². The number of aromatic amines is 1. The highest BCUT2D eigenvalue weighted by atomic mass is 35.5. The summed E-state index contributed by atoms with van der Waals surface area (Å²) in [6.45, 7) is 0. The van der Waals surface area contributed by atoms with Crippen molar-refractivity contribution in [2.45, 2.75) is 0 Å². The van der Waals surface area contributed by atoms with Gasteiger partial charge in [0.15, 0.2) is 5.82 Å². The van der Waals surface area contributed by atoms with Crippen LogP contribution in [0.1, 0.15) is 0 Å². The zero-order valence-corrected chi connectivity index (χ0v) is 11.4. The third kappa shape index (κ3) is 2.61. The maximum absolute atomic E-state index is 12.2. The molecular formula is C14H9ClN4O2. The monoisotopic (exact) mass is 300 g/mol. The molecule has 2 aromatic heterocycles. The molecule has 3 rings (SSSR count). The lowest BCUT2D eigenvalue weighted by Crippen LogP contribution is -2.12. The fourth-order valence-corrected chi connectivity index (χ4v) is 2.02. The molecule has 104 valence electrons. The predicted octanol–water partition coefficient (Wildman–Crippen LogP) is 2.25. The van der Waals surface area contributed by atoms with Gasteiger partial charge in [0.25, 0.3) is 5.56 Å². The summed E-state index contributed by atoms with van der Waals surface area (Å²) in [4.78, 5) is 26.5. The Hall–Kier alpha value is -2.73. The zero-order valence-electron chi connectivity index (χ0n) is 10.6. The lowest BCUT2D eigenvalue weighted by Gasteiger charge is -2.05. The van der Waals surface area contributed by atoms with E-state index in [2.05, 4.69) is 19.9 Å². The molecule has 2 heterocycles. The van der Waals surface area contributed by atoms with E-state index in [0.717, 1.165) is 0 Å². The normalized spacial score (nSPS) is 10.5. The van der Waals surface area contributed by atoms with Crippen LogP contribution in [0.5, 0.6) is 5.88 Å². The largest absolute Gasteiger partial charge is 0.493 e. The van der Waals surface area contributed by atoms with E-state index in [0.29, 0.717) is 16.3 Å². The molecule has 0 aliphatic heterocycles. The standard InChI is InChI=1S/C14H9ClN4O2/c15-9-3-1-8(2-4-9)11-13(20)18-12(19-14(11)21)10-5-6-16-7-17-10/h1-7H,(H2,18,19,20,21). The van der Waals surface area contributed by atoms with E-state index in [-0.39, 0.29) is 17.3 Å². The van der Waals surface area contributed by atoms with Gasteiger partial charge in [-0.3, -0.25) is 4.79 Å². The third-order valence-electron chi connectivity index (χ3n) is 2.86. The number of rotatable bonds is 2. The van der Waals surface area contributed by atoms with Gasteiger partial charge in [0.05, 0.1) is 0 Å². The van der Waals surface area contributed by atoms with E-state index in [1.807, 2.05) is 0 Å². The van der Waals surface area contributed by atoms with Crippen LogP contribution in [0.15, 0.2) is 47.7 Å². The fourth-order valence-electron chi connectivity index (χ4n) is 1.89. The Morgan fingerprint density at radius 3 is 2.52 bits per heavy atom. The van der Waals surface area contributed by atoms with Gasteiger partial charge < -0.3 is 10.1 Å². The molecule has 0 amide bonds. The van der Waals surface area contributed by atoms with Crippen molar-refractivity contribution in [1.29, 1.82) is 0 Å². The van der Waals surface area contributed by atoms with E-state index in [4.69, 9.17) is 11.6 Å². The van der Waals surface area contributed by atoms with Crippen LogP contribution >= 0.6 is 11.6 Å². The van der Waals surface area contributed by atoms with Crippen molar-refractivity contribution >= 4 is 11.6 Å². The number of aromatic nitrogens is 4. The zero-order chi connectivity index (χ0) is 14.8. The van der Waals surface area contributed by atoms with Crippen LogP contribution in [0.2, 0.25) is 5.02 Å². The molecule has 2 N–H and O–H groups in total. The summed E-state index contributed by atoms with van der Waals surface area (Å²) in [5, 5.41) is 10.6. The summed E-state index contributed by atoms with van der Waals surface area (Å²) in [6.07, 6.45) is 2.85. The number of nitrogens with zero attached hydrogens (tertiary/aromatic N) is 3. The van der Waals surface area contributed by atoms with Gasteiger partial charge >= 0.3 is 0 Å². The Kier molecular flexibility index (Phi) is 3.37. The molecule has 0 spiro atoms. The molecule has 21 heavy (non-hydrogen) atoms. The molecule has 0 radical (unpaired) electrons. The first-order chi connectivity index (χ1) is 10.1. The molecule has 0 fully saturated rings. The van der Waals surface area contributed by atoms with Crippen LogP contribution in [-0.2, 0) is 0 Å². The summed E-state index contributed by atoms with van der Waals surface area (Å²) in [7, 11) is 0. The van der Waals surface area contributed by atoms with Crippen molar-refractivity contribution in [2.24, 2.45) is 0 Å².